The Morgan fingerprint density at radius 2 is 1.77 bits per heavy atom. The van der Waals surface area contributed by atoms with Crippen molar-refractivity contribution in [2.45, 2.75) is 25.7 Å². The summed E-state index contributed by atoms with van der Waals surface area (Å²) in [5.74, 6) is 1.49. The van der Waals surface area contributed by atoms with Gasteiger partial charge in [-0.25, -0.2) is 4.72 Å². The fraction of sp³-hybridized carbons (Fsp3) is 0.600. The Kier molecular flexibility index (Phi) is 4.85. The molecule has 1 aromatic carbocycles. The second kappa shape index (κ2) is 6.85. The highest BCUT2D eigenvalue weighted by atomic mass is 32.2. The molecule has 0 unspecified atom stereocenters. The summed E-state index contributed by atoms with van der Waals surface area (Å²) in [6.07, 6.45) is 3.64. The first-order valence-electron chi connectivity index (χ1n) is 7.78. The molecule has 1 saturated heterocycles. The zero-order valence-electron chi connectivity index (χ0n) is 12.6. The van der Waals surface area contributed by atoms with Crippen molar-refractivity contribution in [3.05, 3.63) is 23.8 Å². The molecule has 0 aromatic heterocycles. The highest BCUT2D eigenvalue weighted by Crippen LogP contribution is 2.30. The molecule has 2 heterocycles. The number of piperidine rings is 1. The maximum absolute atomic E-state index is 12.2. The lowest BCUT2D eigenvalue weighted by Crippen LogP contribution is -2.43. The highest BCUT2D eigenvalue weighted by molar-refractivity contribution is 7.87. The summed E-state index contributed by atoms with van der Waals surface area (Å²) in [6, 6.07) is 5.75. The van der Waals surface area contributed by atoms with Gasteiger partial charge in [-0.15, -0.1) is 0 Å². The fourth-order valence-corrected chi connectivity index (χ4v) is 4.05. The van der Waals surface area contributed by atoms with Crippen molar-refractivity contribution in [2.75, 3.05) is 32.8 Å². The molecule has 0 bridgehead atoms. The molecule has 0 aliphatic carbocycles. The summed E-state index contributed by atoms with van der Waals surface area (Å²) >= 11 is 0. The molecule has 0 amide bonds. The van der Waals surface area contributed by atoms with Gasteiger partial charge < -0.3 is 9.47 Å². The van der Waals surface area contributed by atoms with Gasteiger partial charge in [0, 0.05) is 19.6 Å². The van der Waals surface area contributed by atoms with E-state index >= 15 is 0 Å². The molecule has 1 N–H and O–H groups in total. The van der Waals surface area contributed by atoms with Gasteiger partial charge in [0.2, 0.25) is 0 Å². The number of nitrogens with one attached hydrogen (secondary N) is 1. The van der Waals surface area contributed by atoms with E-state index in [0.717, 1.165) is 36.3 Å². The summed E-state index contributed by atoms with van der Waals surface area (Å²) in [4.78, 5) is 0. The van der Waals surface area contributed by atoms with E-state index < -0.39 is 10.2 Å². The Balaban J connectivity index is 1.54. The van der Waals surface area contributed by atoms with Gasteiger partial charge in [-0.05, 0) is 37.0 Å². The lowest BCUT2D eigenvalue weighted by Gasteiger charge is -2.26. The van der Waals surface area contributed by atoms with Gasteiger partial charge in [0.05, 0.1) is 0 Å². The molecule has 22 heavy (non-hydrogen) atoms. The molecular weight excluding hydrogens is 304 g/mol. The molecule has 0 saturated carbocycles. The van der Waals surface area contributed by atoms with Crippen molar-refractivity contribution in [3.63, 3.8) is 0 Å². The summed E-state index contributed by atoms with van der Waals surface area (Å²) < 4.78 is 39.6. The molecule has 0 spiro atoms. The highest BCUT2D eigenvalue weighted by Gasteiger charge is 2.23. The van der Waals surface area contributed by atoms with Crippen LogP contribution in [-0.4, -0.2) is 45.6 Å². The van der Waals surface area contributed by atoms with Gasteiger partial charge in [0.1, 0.15) is 13.2 Å². The van der Waals surface area contributed by atoms with Gasteiger partial charge in [0.25, 0.3) is 10.2 Å². The maximum atomic E-state index is 12.2. The van der Waals surface area contributed by atoms with Gasteiger partial charge in [-0.2, -0.15) is 12.7 Å². The van der Waals surface area contributed by atoms with Crippen LogP contribution in [0.2, 0.25) is 0 Å². The summed E-state index contributed by atoms with van der Waals surface area (Å²) in [5, 5.41) is 0. The lowest BCUT2D eigenvalue weighted by molar-refractivity contribution is 0.171. The number of rotatable bonds is 5. The molecule has 2 aliphatic heterocycles. The molecule has 6 nitrogen and oxygen atoms in total. The standard InChI is InChI=1S/C15H22N2O4S/c18-22(19,17-8-2-1-3-9-17)16-7-6-13-4-5-14-15(12-13)21-11-10-20-14/h4-5,12,16H,1-3,6-11H2. The zero-order chi connectivity index (χ0) is 15.4. The number of hydrogen-bond acceptors (Lipinski definition) is 4. The lowest BCUT2D eigenvalue weighted by atomic mass is 10.1. The average Bonchev–Trinajstić information content (AvgIpc) is 2.55. The van der Waals surface area contributed by atoms with Crippen molar-refractivity contribution >= 4 is 10.2 Å². The molecule has 0 radical (unpaired) electrons. The van der Waals surface area contributed by atoms with E-state index in [1.165, 1.54) is 0 Å². The van der Waals surface area contributed by atoms with Crippen molar-refractivity contribution in [1.29, 1.82) is 0 Å². The smallest absolute Gasteiger partial charge is 0.279 e. The van der Waals surface area contributed by atoms with Crippen molar-refractivity contribution in [2.24, 2.45) is 0 Å². The van der Waals surface area contributed by atoms with Gasteiger partial charge in [0.15, 0.2) is 11.5 Å². The van der Waals surface area contributed by atoms with Crippen LogP contribution in [0, 0.1) is 0 Å². The number of nitrogens with zero attached hydrogens (tertiary/aromatic N) is 1. The maximum Gasteiger partial charge on any atom is 0.279 e. The van der Waals surface area contributed by atoms with Crippen LogP contribution in [0.1, 0.15) is 24.8 Å². The Morgan fingerprint density at radius 1 is 1.05 bits per heavy atom. The topological polar surface area (TPSA) is 67.9 Å². The van der Waals surface area contributed by atoms with E-state index in [-0.39, 0.29) is 0 Å². The van der Waals surface area contributed by atoms with E-state index in [4.69, 9.17) is 9.47 Å². The predicted octanol–water partition coefficient (Wildman–Crippen LogP) is 1.32. The Morgan fingerprint density at radius 3 is 2.55 bits per heavy atom. The van der Waals surface area contributed by atoms with Crippen LogP contribution < -0.4 is 14.2 Å². The second-order valence-corrected chi connectivity index (χ2v) is 7.34. The van der Waals surface area contributed by atoms with Crippen LogP contribution in [0.4, 0.5) is 0 Å². The first-order valence-corrected chi connectivity index (χ1v) is 9.22. The van der Waals surface area contributed by atoms with Crippen LogP contribution >= 0.6 is 0 Å². The van der Waals surface area contributed by atoms with Gasteiger partial charge in [-0.1, -0.05) is 12.5 Å². The van der Waals surface area contributed by atoms with Crippen molar-refractivity contribution in [3.8, 4) is 11.5 Å². The third kappa shape index (κ3) is 3.71. The normalized spacial score (nSPS) is 19.1. The first kappa shape index (κ1) is 15.6. The van der Waals surface area contributed by atoms with Crippen LogP contribution in [0.25, 0.3) is 0 Å². The SMILES string of the molecule is O=S(=O)(NCCc1ccc2c(c1)OCCO2)N1CCCCC1. The van der Waals surface area contributed by atoms with E-state index in [1.54, 1.807) is 4.31 Å². The predicted molar refractivity (Wildman–Crippen MR) is 83.5 cm³/mol. The van der Waals surface area contributed by atoms with Crippen LogP contribution in [0.15, 0.2) is 18.2 Å². The molecule has 7 heteroatoms. The average molecular weight is 326 g/mol. The third-order valence-electron chi connectivity index (χ3n) is 3.96. The number of fused-ring (bicyclic) bond motifs is 1. The van der Waals surface area contributed by atoms with Crippen LogP contribution in [0.5, 0.6) is 11.5 Å². The van der Waals surface area contributed by atoms with Crippen LogP contribution in [-0.2, 0) is 16.6 Å². The Labute approximate surface area is 131 Å². The summed E-state index contributed by atoms with van der Waals surface area (Å²) in [5.41, 5.74) is 1.03. The summed E-state index contributed by atoms with van der Waals surface area (Å²) in [7, 11) is -3.34. The van der Waals surface area contributed by atoms with Crippen molar-refractivity contribution in [1.82, 2.24) is 9.03 Å². The van der Waals surface area contributed by atoms with Gasteiger partial charge >= 0.3 is 0 Å². The number of benzene rings is 1. The minimum atomic E-state index is -3.34. The van der Waals surface area contributed by atoms with E-state index in [9.17, 15) is 8.42 Å². The second-order valence-electron chi connectivity index (χ2n) is 5.59. The minimum Gasteiger partial charge on any atom is -0.486 e. The zero-order valence-corrected chi connectivity index (χ0v) is 13.4. The van der Waals surface area contributed by atoms with E-state index in [1.807, 2.05) is 18.2 Å². The number of ether oxygens (including phenoxy) is 2. The minimum absolute atomic E-state index is 0.387. The monoisotopic (exact) mass is 326 g/mol. The summed E-state index contributed by atoms with van der Waals surface area (Å²) in [6.45, 7) is 2.76. The van der Waals surface area contributed by atoms with E-state index in [2.05, 4.69) is 4.72 Å². The molecule has 3 rings (SSSR count). The van der Waals surface area contributed by atoms with Crippen molar-refractivity contribution < 1.29 is 17.9 Å². The molecule has 122 valence electrons. The van der Waals surface area contributed by atoms with Gasteiger partial charge in [-0.3, -0.25) is 0 Å². The quantitative estimate of drug-likeness (QED) is 0.886. The van der Waals surface area contributed by atoms with Crippen LogP contribution in [0.3, 0.4) is 0 Å². The Hall–Kier alpha value is -1.31. The molecular formula is C15H22N2O4S. The number of hydrogen-bond donors (Lipinski definition) is 1. The third-order valence-corrected chi connectivity index (χ3v) is 5.57. The van der Waals surface area contributed by atoms with E-state index in [0.29, 0.717) is 39.3 Å². The largest absolute Gasteiger partial charge is 0.486 e. The Bertz CT molecular complexity index is 612. The molecule has 2 aliphatic rings. The molecule has 0 atom stereocenters. The first-order chi connectivity index (χ1) is 10.6. The molecule has 1 fully saturated rings. The molecule has 1 aromatic rings. The fourth-order valence-electron chi connectivity index (χ4n) is 2.76.